The van der Waals surface area contributed by atoms with Crippen molar-refractivity contribution in [3.63, 3.8) is 0 Å². The summed E-state index contributed by atoms with van der Waals surface area (Å²) in [4.78, 5) is 4.69. The van der Waals surface area contributed by atoms with E-state index in [-0.39, 0.29) is 5.92 Å². The number of aromatic amines is 1. The maximum atomic E-state index is 4.69. The molecule has 23 heavy (non-hydrogen) atoms. The van der Waals surface area contributed by atoms with Crippen LogP contribution in [0.2, 0.25) is 0 Å². The first-order valence-corrected chi connectivity index (χ1v) is 8.11. The lowest BCUT2D eigenvalue weighted by Crippen LogP contribution is -2.10. The maximum absolute atomic E-state index is 4.69. The first kappa shape index (κ1) is 14.0. The zero-order valence-electron chi connectivity index (χ0n) is 12.9. The summed E-state index contributed by atoms with van der Waals surface area (Å²) in [5.41, 5.74) is 1.31. The van der Waals surface area contributed by atoms with Gasteiger partial charge in [0.05, 0.1) is 5.92 Å². The SMILES string of the molecule is c1ccc(CCc2nc([C@H]3CCCCn4nnnc43)n[nH]2)cc1. The summed E-state index contributed by atoms with van der Waals surface area (Å²) < 4.78 is 1.89. The van der Waals surface area contributed by atoms with E-state index in [4.69, 9.17) is 4.98 Å². The number of H-pyrrole nitrogens is 1. The van der Waals surface area contributed by atoms with Crippen LogP contribution >= 0.6 is 0 Å². The number of aromatic nitrogens is 7. The number of benzene rings is 1. The minimum absolute atomic E-state index is 0.0919. The molecular weight excluding hydrogens is 290 g/mol. The van der Waals surface area contributed by atoms with E-state index < -0.39 is 0 Å². The van der Waals surface area contributed by atoms with E-state index >= 15 is 0 Å². The standard InChI is InChI=1S/C16H19N7/c1-2-6-12(7-3-1)9-10-14-17-15(19-18-14)13-8-4-5-11-23-16(13)20-21-22-23/h1-3,6-7,13H,4-5,8-11H2,(H,17,18,19)/t13-/m1/s1. The second-order valence-corrected chi connectivity index (χ2v) is 5.93. The molecule has 1 aliphatic rings. The lowest BCUT2D eigenvalue weighted by Gasteiger charge is -2.07. The Bertz CT molecular complexity index is 762. The summed E-state index contributed by atoms with van der Waals surface area (Å²) in [6, 6.07) is 10.4. The number of tetrazole rings is 1. The van der Waals surface area contributed by atoms with Crippen molar-refractivity contribution in [3.8, 4) is 0 Å². The lowest BCUT2D eigenvalue weighted by atomic mass is 10.0. The third-order valence-electron chi connectivity index (χ3n) is 4.34. The fraction of sp³-hybridized carbons (Fsp3) is 0.438. The van der Waals surface area contributed by atoms with Crippen LogP contribution in [0.4, 0.5) is 0 Å². The molecule has 7 heteroatoms. The Morgan fingerprint density at radius 1 is 1.13 bits per heavy atom. The van der Waals surface area contributed by atoms with Gasteiger partial charge in [-0.3, -0.25) is 5.10 Å². The molecule has 0 amide bonds. The Morgan fingerprint density at radius 2 is 2.04 bits per heavy atom. The Hall–Kier alpha value is -2.57. The predicted molar refractivity (Wildman–Crippen MR) is 83.7 cm³/mol. The van der Waals surface area contributed by atoms with Gasteiger partial charge in [-0.1, -0.05) is 36.8 Å². The fourth-order valence-corrected chi connectivity index (χ4v) is 3.09. The molecule has 1 aliphatic heterocycles. The number of hydrogen-bond donors (Lipinski definition) is 1. The number of aryl methyl sites for hydroxylation is 3. The van der Waals surface area contributed by atoms with Crippen LogP contribution in [0, 0.1) is 0 Å². The first-order chi connectivity index (χ1) is 11.4. The van der Waals surface area contributed by atoms with Crippen molar-refractivity contribution in [2.75, 3.05) is 0 Å². The molecule has 1 aromatic carbocycles. The molecule has 0 unspecified atom stereocenters. The molecule has 1 atom stereocenters. The topological polar surface area (TPSA) is 85.2 Å². The van der Waals surface area contributed by atoms with E-state index in [1.165, 1.54) is 5.56 Å². The second-order valence-electron chi connectivity index (χ2n) is 5.93. The van der Waals surface area contributed by atoms with Gasteiger partial charge in [0.2, 0.25) is 0 Å². The van der Waals surface area contributed by atoms with Crippen molar-refractivity contribution >= 4 is 0 Å². The van der Waals surface area contributed by atoms with Gasteiger partial charge in [0, 0.05) is 13.0 Å². The molecule has 0 aliphatic carbocycles. The first-order valence-electron chi connectivity index (χ1n) is 8.11. The maximum Gasteiger partial charge on any atom is 0.161 e. The quantitative estimate of drug-likeness (QED) is 0.795. The predicted octanol–water partition coefficient (Wildman–Crippen LogP) is 1.89. The van der Waals surface area contributed by atoms with Crippen molar-refractivity contribution in [2.45, 2.75) is 44.6 Å². The minimum Gasteiger partial charge on any atom is -0.263 e. The molecule has 3 heterocycles. The molecule has 7 nitrogen and oxygen atoms in total. The van der Waals surface area contributed by atoms with Crippen LogP contribution in [-0.2, 0) is 19.4 Å². The van der Waals surface area contributed by atoms with Gasteiger partial charge >= 0.3 is 0 Å². The van der Waals surface area contributed by atoms with Crippen molar-refractivity contribution in [2.24, 2.45) is 0 Å². The molecule has 0 saturated carbocycles. The molecule has 0 radical (unpaired) electrons. The summed E-state index contributed by atoms with van der Waals surface area (Å²) in [6.07, 6.45) is 5.03. The van der Waals surface area contributed by atoms with E-state index in [1.54, 1.807) is 0 Å². The highest BCUT2D eigenvalue weighted by Gasteiger charge is 2.26. The van der Waals surface area contributed by atoms with Crippen molar-refractivity contribution < 1.29 is 0 Å². The van der Waals surface area contributed by atoms with E-state index in [1.807, 2.05) is 10.7 Å². The van der Waals surface area contributed by atoms with Crippen LogP contribution in [0.1, 0.15) is 48.2 Å². The average Bonchev–Trinajstić information content (AvgIpc) is 3.20. The summed E-state index contributed by atoms with van der Waals surface area (Å²) in [5, 5.41) is 19.6. The summed E-state index contributed by atoms with van der Waals surface area (Å²) in [6.45, 7) is 0.879. The molecule has 0 bridgehead atoms. The highest BCUT2D eigenvalue weighted by molar-refractivity contribution is 5.16. The van der Waals surface area contributed by atoms with Gasteiger partial charge < -0.3 is 0 Å². The van der Waals surface area contributed by atoms with Gasteiger partial charge in [-0.15, -0.1) is 5.10 Å². The minimum atomic E-state index is 0.0919. The normalized spacial score (nSPS) is 17.7. The zero-order chi connectivity index (χ0) is 15.5. The number of nitrogens with one attached hydrogen (secondary N) is 1. The number of fused-ring (bicyclic) bond motifs is 1. The molecule has 118 valence electrons. The molecule has 0 saturated heterocycles. The molecule has 1 N–H and O–H groups in total. The second kappa shape index (κ2) is 6.28. The van der Waals surface area contributed by atoms with Crippen LogP contribution in [-0.4, -0.2) is 35.4 Å². The molecular formula is C16H19N7. The van der Waals surface area contributed by atoms with Crippen LogP contribution in [0.15, 0.2) is 30.3 Å². The third-order valence-corrected chi connectivity index (χ3v) is 4.34. The van der Waals surface area contributed by atoms with Gasteiger partial charge in [0.1, 0.15) is 5.82 Å². The smallest absolute Gasteiger partial charge is 0.161 e. The number of hydrogen-bond acceptors (Lipinski definition) is 5. The summed E-state index contributed by atoms with van der Waals surface area (Å²) in [5.74, 6) is 2.71. The third kappa shape index (κ3) is 2.99. The Kier molecular flexibility index (Phi) is 3.83. The molecule has 3 aromatic rings. The van der Waals surface area contributed by atoms with Crippen molar-refractivity contribution in [1.29, 1.82) is 0 Å². The van der Waals surface area contributed by atoms with Crippen LogP contribution in [0.5, 0.6) is 0 Å². The van der Waals surface area contributed by atoms with Gasteiger partial charge in [-0.25, -0.2) is 9.67 Å². The zero-order valence-corrected chi connectivity index (χ0v) is 12.9. The monoisotopic (exact) mass is 309 g/mol. The van der Waals surface area contributed by atoms with Gasteiger partial charge in [0.25, 0.3) is 0 Å². The van der Waals surface area contributed by atoms with Gasteiger partial charge in [0.15, 0.2) is 11.6 Å². The molecule has 2 aromatic heterocycles. The van der Waals surface area contributed by atoms with Crippen LogP contribution < -0.4 is 0 Å². The van der Waals surface area contributed by atoms with Gasteiger partial charge in [-0.2, -0.15) is 5.10 Å². The number of nitrogens with zero attached hydrogens (tertiary/aromatic N) is 6. The van der Waals surface area contributed by atoms with Gasteiger partial charge in [-0.05, 0) is 35.3 Å². The van der Waals surface area contributed by atoms with E-state index in [2.05, 4.69) is 50.0 Å². The van der Waals surface area contributed by atoms with E-state index in [9.17, 15) is 0 Å². The van der Waals surface area contributed by atoms with Crippen LogP contribution in [0.3, 0.4) is 0 Å². The molecule has 0 fully saturated rings. The fourth-order valence-electron chi connectivity index (χ4n) is 3.09. The lowest BCUT2D eigenvalue weighted by molar-refractivity contribution is 0.556. The Labute approximate surface area is 134 Å². The summed E-state index contributed by atoms with van der Waals surface area (Å²) in [7, 11) is 0. The van der Waals surface area contributed by atoms with E-state index in [0.717, 1.165) is 56.1 Å². The Balaban J connectivity index is 1.50. The van der Waals surface area contributed by atoms with Crippen molar-refractivity contribution in [1.82, 2.24) is 35.4 Å². The highest BCUT2D eigenvalue weighted by Crippen LogP contribution is 2.28. The Morgan fingerprint density at radius 3 is 2.96 bits per heavy atom. The molecule has 0 spiro atoms. The largest absolute Gasteiger partial charge is 0.263 e. The average molecular weight is 309 g/mol. The van der Waals surface area contributed by atoms with Crippen molar-refractivity contribution in [3.05, 3.63) is 53.4 Å². The summed E-state index contributed by atoms with van der Waals surface area (Å²) >= 11 is 0. The van der Waals surface area contributed by atoms with E-state index in [0.29, 0.717) is 0 Å². The van der Waals surface area contributed by atoms with Crippen LogP contribution in [0.25, 0.3) is 0 Å². The molecule has 4 rings (SSSR count). The number of rotatable bonds is 4. The highest BCUT2D eigenvalue weighted by atomic mass is 15.5.